The Kier molecular flexibility index (Phi) is 7.37. The summed E-state index contributed by atoms with van der Waals surface area (Å²) in [6.07, 6.45) is 1.29. The highest BCUT2D eigenvalue weighted by molar-refractivity contribution is 5.50. The Bertz CT molecular complexity index is 888. The van der Waals surface area contributed by atoms with Crippen LogP contribution >= 0.6 is 0 Å². The topological polar surface area (TPSA) is 47.9 Å². The van der Waals surface area contributed by atoms with Gasteiger partial charge in [-0.25, -0.2) is 0 Å². The lowest BCUT2D eigenvalue weighted by atomic mass is 9.79. The summed E-state index contributed by atoms with van der Waals surface area (Å²) >= 11 is 0. The fraction of sp³-hybridized carbons (Fsp3) is 0.333. The van der Waals surface area contributed by atoms with E-state index in [4.69, 9.17) is 14.2 Å². The molecular weight excluding hydrogens is 388 g/mol. The molecule has 1 N–H and O–H groups in total. The Balaban J connectivity index is 2.30. The molecule has 0 aromatic heterocycles. The Morgan fingerprint density at radius 1 is 0.710 bits per heavy atom. The van der Waals surface area contributed by atoms with Gasteiger partial charge in [0.15, 0.2) is 0 Å². The van der Waals surface area contributed by atoms with Gasteiger partial charge < -0.3 is 19.3 Å². The van der Waals surface area contributed by atoms with Crippen LogP contribution in [0.15, 0.2) is 78.9 Å². The number of hydrogen-bond acceptors (Lipinski definition) is 4. The quantitative estimate of drug-likeness (QED) is 0.436. The highest BCUT2D eigenvalue weighted by Gasteiger charge is 2.43. The SMILES string of the molecule is CCC(C)(CCO)OC(c1ccccc1)(c1ccc(OC)cc1)c1ccc(OC)cc1. The molecule has 0 spiro atoms. The first kappa shape index (κ1) is 22.9. The zero-order valence-corrected chi connectivity index (χ0v) is 18.8. The molecule has 1 atom stereocenters. The van der Waals surface area contributed by atoms with E-state index in [1.165, 1.54) is 0 Å². The van der Waals surface area contributed by atoms with Gasteiger partial charge in [-0.2, -0.15) is 0 Å². The molecule has 0 bridgehead atoms. The van der Waals surface area contributed by atoms with E-state index in [1.807, 2.05) is 66.7 Å². The van der Waals surface area contributed by atoms with Crippen molar-refractivity contribution in [2.24, 2.45) is 0 Å². The third-order valence-corrected chi connectivity index (χ3v) is 5.96. The van der Waals surface area contributed by atoms with Crippen LogP contribution < -0.4 is 9.47 Å². The molecule has 164 valence electrons. The number of hydrogen-bond donors (Lipinski definition) is 1. The molecule has 0 amide bonds. The summed E-state index contributed by atoms with van der Waals surface area (Å²) in [6, 6.07) is 26.2. The predicted octanol–water partition coefficient (Wildman–Crippen LogP) is 5.56. The van der Waals surface area contributed by atoms with Gasteiger partial charge in [0.05, 0.1) is 19.8 Å². The summed E-state index contributed by atoms with van der Waals surface area (Å²) in [4.78, 5) is 0. The molecule has 31 heavy (non-hydrogen) atoms. The molecule has 0 saturated heterocycles. The van der Waals surface area contributed by atoms with E-state index < -0.39 is 11.2 Å². The maximum Gasteiger partial charge on any atom is 0.144 e. The molecule has 4 nitrogen and oxygen atoms in total. The van der Waals surface area contributed by atoms with Crippen LogP contribution in [0.5, 0.6) is 11.5 Å². The minimum atomic E-state index is -0.875. The van der Waals surface area contributed by atoms with Crippen LogP contribution in [0, 0.1) is 0 Å². The largest absolute Gasteiger partial charge is 0.497 e. The van der Waals surface area contributed by atoms with E-state index in [0.29, 0.717) is 6.42 Å². The van der Waals surface area contributed by atoms with Gasteiger partial charge in [0.1, 0.15) is 17.1 Å². The van der Waals surface area contributed by atoms with E-state index in [0.717, 1.165) is 34.6 Å². The second kappa shape index (κ2) is 9.99. The Morgan fingerprint density at radius 3 is 1.55 bits per heavy atom. The summed E-state index contributed by atoms with van der Waals surface area (Å²) in [5.41, 5.74) is 1.58. The third kappa shape index (κ3) is 4.76. The number of aliphatic hydroxyl groups is 1. The molecule has 1 unspecified atom stereocenters. The fourth-order valence-electron chi connectivity index (χ4n) is 3.91. The molecule has 0 radical (unpaired) electrons. The smallest absolute Gasteiger partial charge is 0.144 e. The molecule has 0 aliphatic rings. The molecule has 0 aliphatic carbocycles. The average Bonchev–Trinajstić information content (AvgIpc) is 2.83. The van der Waals surface area contributed by atoms with Crippen molar-refractivity contribution < 1.29 is 19.3 Å². The standard InChI is InChI=1S/C27H32O4/c1-5-26(2,19-20-28)31-27(21-9-7-6-8-10-21,22-11-15-24(29-3)16-12-22)23-13-17-25(30-4)18-14-23/h6-18,28H,5,19-20H2,1-4H3. The van der Waals surface area contributed by atoms with Crippen LogP contribution in [0.1, 0.15) is 43.4 Å². The number of benzene rings is 3. The van der Waals surface area contributed by atoms with Crippen molar-refractivity contribution in [1.29, 1.82) is 0 Å². The lowest BCUT2D eigenvalue weighted by Gasteiger charge is -2.43. The minimum Gasteiger partial charge on any atom is -0.497 e. The van der Waals surface area contributed by atoms with Crippen molar-refractivity contribution in [1.82, 2.24) is 0 Å². The summed E-state index contributed by atoms with van der Waals surface area (Å²) in [7, 11) is 3.32. The zero-order chi connectivity index (χ0) is 22.3. The lowest BCUT2D eigenvalue weighted by Crippen LogP contribution is -2.43. The van der Waals surface area contributed by atoms with Crippen LogP contribution in [0.2, 0.25) is 0 Å². The van der Waals surface area contributed by atoms with Gasteiger partial charge >= 0.3 is 0 Å². The Labute approximate surface area is 185 Å². The number of ether oxygens (including phenoxy) is 3. The number of aliphatic hydroxyl groups excluding tert-OH is 1. The van der Waals surface area contributed by atoms with Gasteiger partial charge in [-0.15, -0.1) is 0 Å². The summed E-state index contributed by atoms with van der Waals surface area (Å²) in [6.45, 7) is 4.21. The molecule has 0 aliphatic heterocycles. The van der Waals surface area contributed by atoms with Crippen LogP contribution in [0.3, 0.4) is 0 Å². The summed E-state index contributed by atoms with van der Waals surface area (Å²) < 4.78 is 17.9. The highest BCUT2D eigenvalue weighted by Crippen LogP contribution is 2.45. The van der Waals surface area contributed by atoms with Gasteiger partial charge in [0.2, 0.25) is 0 Å². The van der Waals surface area contributed by atoms with Crippen LogP contribution in [-0.4, -0.2) is 31.5 Å². The second-order valence-corrected chi connectivity index (χ2v) is 7.88. The van der Waals surface area contributed by atoms with Gasteiger partial charge in [-0.05, 0) is 60.7 Å². The molecule has 0 fully saturated rings. The first-order chi connectivity index (χ1) is 15.0. The van der Waals surface area contributed by atoms with Crippen molar-refractivity contribution in [2.75, 3.05) is 20.8 Å². The third-order valence-electron chi connectivity index (χ3n) is 5.96. The minimum absolute atomic E-state index is 0.0560. The van der Waals surface area contributed by atoms with E-state index >= 15 is 0 Å². The Hall–Kier alpha value is -2.82. The zero-order valence-electron chi connectivity index (χ0n) is 18.8. The van der Waals surface area contributed by atoms with Crippen molar-refractivity contribution in [2.45, 2.75) is 37.9 Å². The summed E-state index contributed by atoms with van der Waals surface area (Å²) in [5.74, 6) is 1.57. The van der Waals surface area contributed by atoms with Gasteiger partial charge in [0, 0.05) is 6.61 Å². The average molecular weight is 421 g/mol. The maximum absolute atomic E-state index is 9.77. The fourth-order valence-corrected chi connectivity index (χ4v) is 3.91. The van der Waals surface area contributed by atoms with Crippen LogP contribution in [-0.2, 0) is 10.3 Å². The van der Waals surface area contributed by atoms with Crippen LogP contribution in [0.25, 0.3) is 0 Å². The van der Waals surface area contributed by atoms with E-state index in [-0.39, 0.29) is 6.61 Å². The van der Waals surface area contributed by atoms with E-state index in [9.17, 15) is 5.11 Å². The normalized spacial score (nSPS) is 13.5. The first-order valence-electron chi connectivity index (χ1n) is 10.7. The molecule has 3 rings (SSSR count). The van der Waals surface area contributed by atoms with Crippen LogP contribution in [0.4, 0.5) is 0 Å². The first-order valence-corrected chi connectivity index (χ1v) is 10.7. The predicted molar refractivity (Wildman–Crippen MR) is 124 cm³/mol. The van der Waals surface area contributed by atoms with Gasteiger partial charge in [-0.1, -0.05) is 61.5 Å². The van der Waals surface area contributed by atoms with Gasteiger partial charge in [-0.3, -0.25) is 0 Å². The maximum atomic E-state index is 9.77. The van der Waals surface area contributed by atoms with Crippen molar-refractivity contribution in [3.8, 4) is 11.5 Å². The van der Waals surface area contributed by atoms with E-state index in [2.05, 4.69) is 26.0 Å². The molecule has 0 heterocycles. The lowest BCUT2D eigenvalue weighted by molar-refractivity contribution is -0.124. The number of methoxy groups -OCH3 is 2. The van der Waals surface area contributed by atoms with Crippen molar-refractivity contribution >= 4 is 0 Å². The van der Waals surface area contributed by atoms with E-state index in [1.54, 1.807) is 14.2 Å². The Morgan fingerprint density at radius 2 is 1.16 bits per heavy atom. The monoisotopic (exact) mass is 420 g/mol. The second-order valence-electron chi connectivity index (χ2n) is 7.88. The molecule has 3 aromatic rings. The molecule has 3 aromatic carbocycles. The number of rotatable bonds is 10. The summed E-state index contributed by atoms with van der Waals surface area (Å²) in [5, 5.41) is 9.77. The van der Waals surface area contributed by atoms with Crippen molar-refractivity contribution in [3.05, 3.63) is 95.6 Å². The highest BCUT2D eigenvalue weighted by atomic mass is 16.5. The van der Waals surface area contributed by atoms with Gasteiger partial charge in [0.25, 0.3) is 0 Å². The molecule has 0 saturated carbocycles. The van der Waals surface area contributed by atoms with Crippen molar-refractivity contribution in [3.63, 3.8) is 0 Å². The molecule has 4 heteroatoms. The molecular formula is C27H32O4.